The summed E-state index contributed by atoms with van der Waals surface area (Å²) in [6, 6.07) is 10.1. The van der Waals surface area contributed by atoms with E-state index in [9.17, 15) is 0 Å². The lowest BCUT2D eigenvalue weighted by molar-refractivity contribution is -0.476. The fourth-order valence-electron chi connectivity index (χ4n) is 3.49. The number of para-hydroxylation sites is 1. The highest BCUT2D eigenvalue weighted by molar-refractivity contribution is 9.09. The number of unbranched alkanes of at least 4 members (excludes halogenated alkanes) is 6. The Hall–Kier alpha value is -0.750. The molecule has 0 aliphatic rings. The third kappa shape index (κ3) is 13.2. The third-order valence-electron chi connectivity index (χ3n) is 4.73. The zero-order valence-electron chi connectivity index (χ0n) is 18.9. The van der Waals surface area contributed by atoms with E-state index in [1.807, 2.05) is 30.3 Å². The van der Waals surface area contributed by atoms with Crippen LogP contribution in [0, 0.1) is 0 Å². The Morgan fingerprint density at radius 3 is 1.93 bits per heavy atom. The molecule has 0 amide bonds. The Bertz CT molecular complexity index is 534. The normalized spacial score (nSPS) is 10.2. The second-order valence-electron chi connectivity index (χ2n) is 7.75. The van der Waals surface area contributed by atoms with Gasteiger partial charge in [0.05, 0.1) is 47.9 Å². The van der Waals surface area contributed by atoms with E-state index in [0.717, 1.165) is 37.2 Å². The molecule has 0 bridgehead atoms. The average molecular weight is 535 g/mol. The van der Waals surface area contributed by atoms with Gasteiger partial charge >= 0.3 is 5.96 Å². The first-order chi connectivity index (χ1) is 13.6. The van der Waals surface area contributed by atoms with E-state index in [-0.39, 0.29) is 17.0 Å². The third-order valence-corrected chi connectivity index (χ3v) is 5.29. The van der Waals surface area contributed by atoms with Gasteiger partial charge in [0.15, 0.2) is 0 Å². The van der Waals surface area contributed by atoms with Crippen molar-refractivity contribution in [2.75, 3.05) is 53.2 Å². The molecule has 0 spiro atoms. The van der Waals surface area contributed by atoms with Crippen LogP contribution in [0.25, 0.3) is 0 Å². The van der Waals surface area contributed by atoms with Crippen molar-refractivity contribution in [3.05, 3.63) is 30.3 Å². The molecule has 0 saturated heterocycles. The zero-order chi connectivity index (χ0) is 20.6. The highest BCUT2D eigenvalue weighted by Gasteiger charge is 2.21. The van der Waals surface area contributed by atoms with Crippen LogP contribution in [-0.4, -0.2) is 73.6 Å². The van der Waals surface area contributed by atoms with Crippen molar-refractivity contribution < 1.29 is 26.3 Å². The molecule has 0 atom stereocenters. The van der Waals surface area contributed by atoms with Gasteiger partial charge in [-0.2, -0.15) is 0 Å². The van der Waals surface area contributed by atoms with Gasteiger partial charge in [0.2, 0.25) is 0 Å². The van der Waals surface area contributed by atoms with Crippen LogP contribution in [0.1, 0.15) is 51.4 Å². The lowest BCUT2D eigenvalue weighted by Crippen LogP contribution is -3.00. The Balaban J connectivity index is 0.00000784. The Morgan fingerprint density at radius 1 is 0.862 bits per heavy atom. The summed E-state index contributed by atoms with van der Waals surface area (Å²) < 4.78 is 8.03. The van der Waals surface area contributed by atoms with E-state index in [1.54, 1.807) is 0 Å². The first kappa shape index (κ1) is 28.2. The molecule has 0 N–H and O–H groups in total. The van der Waals surface area contributed by atoms with Crippen molar-refractivity contribution >= 4 is 21.9 Å². The van der Waals surface area contributed by atoms with Crippen molar-refractivity contribution in [3.8, 4) is 5.75 Å². The summed E-state index contributed by atoms with van der Waals surface area (Å²) in [6.45, 7) is 3.09. The molecule has 1 rings (SSSR count). The lowest BCUT2D eigenvalue weighted by Gasteiger charge is -2.25. The molecule has 168 valence electrons. The summed E-state index contributed by atoms with van der Waals surface area (Å²) >= 11 is 3.53. The SMILES string of the molecule is CN(C)C(N(CCCCCCBr)CCCCCCOc1ccccc1)=[N+](C)C.[Br-]. The second kappa shape index (κ2) is 18.1. The van der Waals surface area contributed by atoms with Crippen molar-refractivity contribution in [1.82, 2.24) is 9.80 Å². The van der Waals surface area contributed by atoms with Gasteiger partial charge < -0.3 is 21.7 Å². The summed E-state index contributed by atoms with van der Waals surface area (Å²) in [5.74, 6) is 2.29. The number of rotatable bonds is 14. The minimum atomic E-state index is 0. The number of nitrogens with zero attached hydrogens (tertiary/aromatic N) is 3. The topological polar surface area (TPSA) is 18.7 Å². The number of ether oxygens (including phenoxy) is 1. The van der Waals surface area contributed by atoms with Gasteiger partial charge in [-0.3, -0.25) is 14.4 Å². The summed E-state index contributed by atoms with van der Waals surface area (Å²) in [4.78, 5) is 4.81. The van der Waals surface area contributed by atoms with Crippen LogP contribution in [0.3, 0.4) is 0 Å². The van der Waals surface area contributed by atoms with Gasteiger partial charge in [0.25, 0.3) is 0 Å². The van der Waals surface area contributed by atoms with Gasteiger partial charge in [-0.15, -0.1) is 0 Å². The quantitative estimate of drug-likeness (QED) is 0.120. The molecule has 0 radical (unpaired) electrons. The van der Waals surface area contributed by atoms with Gasteiger partial charge in [0, 0.05) is 5.33 Å². The van der Waals surface area contributed by atoms with Crippen LogP contribution in [-0.2, 0) is 0 Å². The minimum Gasteiger partial charge on any atom is -1.00 e. The highest BCUT2D eigenvalue weighted by atomic mass is 79.9. The zero-order valence-corrected chi connectivity index (χ0v) is 22.0. The lowest BCUT2D eigenvalue weighted by atomic mass is 10.1. The first-order valence-corrected chi connectivity index (χ1v) is 11.9. The van der Waals surface area contributed by atoms with Crippen molar-refractivity contribution in [2.45, 2.75) is 51.4 Å². The Kier molecular flexibility index (Phi) is 17.6. The molecule has 0 saturated carbocycles. The van der Waals surface area contributed by atoms with Crippen LogP contribution in [0.5, 0.6) is 5.75 Å². The van der Waals surface area contributed by atoms with Crippen LogP contribution in [0.15, 0.2) is 30.3 Å². The number of guanidine groups is 1. The van der Waals surface area contributed by atoms with E-state index in [2.05, 4.69) is 58.5 Å². The Labute approximate surface area is 198 Å². The minimum absolute atomic E-state index is 0. The van der Waals surface area contributed by atoms with Crippen LogP contribution in [0.4, 0.5) is 0 Å². The van der Waals surface area contributed by atoms with E-state index in [0.29, 0.717) is 0 Å². The molecular weight excluding hydrogens is 494 g/mol. The molecule has 0 unspecified atom stereocenters. The molecule has 0 heterocycles. The van der Waals surface area contributed by atoms with Crippen molar-refractivity contribution in [1.29, 1.82) is 0 Å². The molecule has 1 aromatic rings. The molecule has 0 fully saturated rings. The number of alkyl halides is 1. The molecule has 1 aromatic carbocycles. The maximum atomic E-state index is 5.79. The second-order valence-corrected chi connectivity index (χ2v) is 8.55. The van der Waals surface area contributed by atoms with Gasteiger partial charge in [-0.05, 0) is 44.2 Å². The van der Waals surface area contributed by atoms with Gasteiger partial charge in [0.1, 0.15) is 5.75 Å². The largest absolute Gasteiger partial charge is 1.00 e. The predicted molar refractivity (Wildman–Crippen MR) is 125 cm³/mol. The molecule has 0 aliphatic carbocycles. The van der Waals surface area contributed by atoms with E-state index in [1.165, 1.54) is 50.9 Å². The summed E-state index contributed by atoms with van der Waals surface area (Å²) in [5.41, 5.74) is 0. The maximum Gasteiger partial charge on any atom is 0.349 e. The first-order valence-electron chi connectivity index (χ1n) is 10.8. The van der Waals surface area contributed by atoms with Crippen LogP contribution >= 0.6 is 15.9 Å². The van der Waals surface area contributed by atoms with Gasteiger partial charge in [-0.25, -0.2) is 0 Å². The molecule has 4 nitrogen and oxygen atoms in total. The summed E-state index contributed by atoms with van der Waals surface area (Å²) in [7, 11) is 8.59. The number of benzene rings is 1. The molecular formula is C23H41Br2N3O. The van der Waals surface area contributed by atoms with E-state index >= 15 is 0 Å². The summed E-state index contributed by atoms with van der Waals surface area (Å²) in [6.07, 6.45) is 10.0. The molecule has 6 heteroatoms. The van der Waals surface area contributed by atoms with Crippen molar-refractivity contribution in [3.63, 3.8) is 0 Å². The monoisotopic (exact) mass is 533 g/mol. The van der Waals surface area contributed by atoms with E-state index in [4.69, 9.17) is 4.74 Å². The van der Waals surface area contributed by atoms with Crippen LogP contribution < -0.4 is 21.7 Å². The molecule has 29 heavy (non-hydrogen) atoms. The fourth-order valence-corrected chi connectivity index (χ4v) is 3.89. The smallest absolute Gasteiger partial charge is 0.349 e. The van der Waals surface area contributed by atoms with Crippen LogP contribution in [0.2, 0.25) is 0 Å². The fraction of sp³-hybridized carbons (Fsp3) is 0.696. The van der Waals surface area contributed by atoms with Crippen molar-refractivity contribution in [2.24, 2.45) is 0 Å². The number of hydrogen-bond acceptors (Lipinski definition) is 1. The Morgan fingerprint density at radius 2 is 1.41 bits per heavy atom. The number of halogens is 2. The van der Waals surface area contributed by atoms with E-state index < -0.39 is 0 Å². The average Bonchev–Trinajstić information content (AvgIpc) is 2.67. The molecule has 0 aromatic heterocycles. The maximum absolute atomic E-state index is 5.79. The highest BCUT2D eigenvalue weighted by Crippen LogP contribution is 2.11. The molecule has 0 aliphatic heterocycles. The summed E-state index contributed by atoms with van der Waals surface area (Å²) in [5, 5.41) is 1.12. The number of hydrogen-bond donors (Lipinski definition) is 0. The standard InChI is InChI=1S/C23H41BrN3O.BrH/c1-25(2)23(26(3)4)27(19-13-6-5-12-18-24)20-14-7-8-15-21-28-22-16-10-9-11-17-22;/h9-11,16-17H,5-8,12-15,18-21H2,1-4H3;1H/q+1;/p-1. The predicted octanol–water partition coefficient (Wildman–Crippen LogP) is 2.08. The van der Waals surface area contributed by atoms with Gasteiger partial charge in [-0.1, -0.05) is 53.4 Å².